The van der Waals surface area contributed by atoms with E-state index >= 15 is 0 Å². The molecular formula is C20H21N3S. The molecule has 3 nitrogen and oxygen atoms in total. The summed E-state index contributed by atoms with van der Waals surface area (Å²) in [7, 11) is 0. The molecule has 0 unspecified atom stereocenters. The molecule has 2 aromatic rings. The fourth-order valence-electron chi connectivity index (χ4n) is 4.02. The molecule has 4 heteroatoms. The lowest BCUT2D eigenvalue weighted by molar-refractivity contribution is 0.538. The predicted octanol–water partition coefficient (Wildman–Crippen LogP) is 4.37. The third-order valence-electron chi connectivity index (χ3n) is 5.18. The Morgan fingerprint density at radius 2 is 1.92 bits per heavy atom. The molecule has 0 amide bonds. The molecule has 3 heterocycles. The van der Waals surface area contributed by atoms with Crippen LogP contribution in [0.1, 0.15) is 40.8 Å². The summed E-state index contributed by atoms with van der Waals surface area (Å²) in [6.07, 6.45) is 7.08. The minimum Gasteiger partial charge on any atom is -0.314 e. The number of aliphatic imine (C=N–C) groups is 2. The first-order valence-corrected chi connectivity index (χ1v) is 9.80. The van der Waals surface area contributed by atoms with Crippen LogP contribution < -0.4 is 0 Å². The zero-order chi connectivity index (χ0) is 15.9. The molecule has 24 heavy (non-hydrogen) atoms. The lowest BCUT2D eigenvalue weighted by Crippen LogP contribution is -2.44. The van der Waals surface area contributed by atoms with Crippen molar-refractivity contribution in [3.05, 3.63) is 51.9 Å². The molecule has 3 aliphatic rings. The number of aryl methyl sites for hydroxylation is 1. The van der Waals surface area contributed by atoms with Gasteiger partial charge < -0.3 is 4.90 Å². The average Bonchev–Trinajstić information content (AvgIpc) is 3.01. The van der Waals surface area contributed by atoms with E-state index in [4.69, 9.17) is 9.98 Å². The number of rotatable bonds is 2. The first kappa shape index (κ1) is 14.4. The van der Waals surface area contributed by atoms with E-state index in [2.05, 4.69) is 35.2 Å². The Hall–Kier alpha value is -1.94. The smallest absolute Gasteiger partial charge is 0.139 e. The van der Waals surface area contributed by atoms with Gasteiger partial charge in [-0.3, -0.25) is 4.99 Å². The van der Waals surface area contributed by atoms with Crippen molar-refractivity contribution in [2.45, 2.75) is 38.5 Å². The van der Waals surface area contributed by atoms with E-state index in [0.717, 1.165) is 25.9 Å². The van der Waals surface area contributed by atoms with Gasteiger partial charge >= 0.3 is 0 Å². The van der Waals surface area contributed by atoms with Crippen molar-refractivity contribution in [2.75, 3.05) is 13.1 Å². The zero-order valence-electron chi connectivity index (χ0n) is 13.8. The van der Waals surface area contributed by atoms with Crippen LogP contribution in [0.4, 0.5) is 5.00 Å². The number of hydrogen-bond acceptors (Lipinski definition) is 4. The Balaban J connectivity index is 1.62. The molecule has 2 aliphatic heterocycles. The monoisotopic (exact) mass is 335 g/mol. The van der Waals surface area contributed by atoms with Gasteiger partial charge in [-0.05, 0) is 43.2 Å². The molecule has 5 rings (SSSR count). The number of amidine groups is 2. The normalized spacial score (nSPS) is 19.1. The molecule has 0 radical (unpaired) electrons. The van der Waals surface area contributed by atoms with Crippen LogP contribution in [0.2, 0.25) is 0 Å². The van der Waals surface area contributed by atoms with Crippen LogP contribution in [0, 0.1) is 0 Å². The van der Waals surface area contributed by atoms with Crippen LogP contribution in [-0.4, -0.2) is 29.7 Å². The Bertz CT molecular complexity index is 832. The number of nitrogens with zero attached hydrogens (tertiary/aromatic N) is 3. The summed E-state index contributed by atoms with van der Waals surface area (Å²) in [6, 6.07) is 10.7. The summed E-state index contributed by atoms with van der Waals surface area (Å²) in [5.41, 5.74) is 4.24. The van der Waals surface area contributed by atoms with E-state index in [0.29, 0.717) is 0 Å². The molecule has 0 bridgehead atoms. The summed E-state index contributed by atoms with van der Waals surface area (Å²) < 4.78 is 0. The third kappa shape index (κ3) is 2.32. The summed E-state index contributed by atoms with van der Waals surface area (Å²) in [6.45, 7) is 2.00. The van der Waals surface area contributed by atoms with Crippen molar-refractivity contribution in [3.63, 3.8) is 0 Å². The highest BCUT2D eigenvalue weighted by Crippen LogP contribution is 2.43. The molecule has 1 aliphatic carbocycles. The summed E-state index contributed by atoms with van der Waals surface area (Å²) in [5.74, 6) is 2.38. The molecule has 0 saturated carbocycles. The second-order valence-electron chi connectivity index (χ2n) is 6.79. The minimum absolute atomic E-state index is 0.891. The lowest BCUT2D eigenvalue weighted by Gasteiger charge is -2.34. The lowest BCUT2D eigenvalue weighted by atomic mass is 9.93. The molecule has 0 atom stereocenters. The van der Waals surface area contributed by atoms with E-state index < -0.39 is 0 Å². The number of fused-ring (bicyclic) bond motifs is 5. The van der Waals surface area contributed by atoms with E-state index in [-0.39, 0.29) is 0 Å². The topological polar surface area (TPSA) is 28.0 Å². The molecule has 122 valence electrons. The van der Waals surface area contributed by atoms with Gasteiger partial charge in [-0.1, -0.05) is 30.3 Å². The first-order chi connectivity index (χ1) is 11.9. The third-order valence-corrected chi connectivity index (χ3v) is 6.37. The molecule has 0 spiro atoms. The van der Waals surface area contributed by atoms with Crippen molar-refractivity contribution in [1.29, 1.82) is 0 Å². The van der Waals surface area contributed by atoms with Gasteiger partial charge in [-0.2, -0.15) is 0 Å². The Kier molecular flexibility index (Phi) is 3.51. The largest absolute Gasteiger partial charge is 0.314 e. The molecule has 0 saturated heterocycles. The minimum atomic E-state index is 0.891. The van der Waals surface area contributed by atoms with E-state index in [1.807, 2.05) is 11.3 Å². The first-order valence-electron chi connectivity index (χ1n) is 8.98. The maximum Gasteiger partial charge on any atom is 0.139 e. The van der Waals surface area contributed by atoms with Crippen LogP contribution >= 0.6 is 11.3 Å². The van der Waals surface area contributed by atoms with Crippen molar-refractivity contribution in [2.24, 2.45) is 9.98 Å². The van der Waals surface area contributed by atoms with Gasteiger partial charge in [0.2, 0.25) is 0 Å². The van der Waals surface area contributed by atoms with Gasteiger partial charge in [-0.25, -0.2) is 4.99 Å². The Morgan fingerprint density at radius 1 is 1.04 bits per heavy atom. The fraction of sp³-hybridized carbons (Fsp3) is 0.400. The van der Waals surface area contributed by atoms with Crippen LogP contribution in [0.3, 0.4) is 0 Å². The fourth-order valence-corrected chi connectivity index (χ4v) is 5.30. The number of hydrogen-bond donors (Lipinski definition) is 0. The van der Waals surface area contributed by atoms with Crippen LogP contribution in [0.15, 0.2) is 40.3 Å². The van der Waals surface area contributed by atoms with Gasteiger partial charge in [0.1, 0.15) is 16.7 Å². The van der Waals surface area contributed by atoms with Crippen molar-refractivity contribution < 1.29 is 0 Å². The second-order valence-corrected chi connectivity index (χ2v) is 7.88. The predicted molar refractivity (Wildman–Crippen MR) is 101 cm³/mol. The molecule has 1 aromatic carbocycles. The SMILES string of the molecule is c1ccc(CC2=Nc3sc4c(c3C3=NCCCN23)CCCC4)cc1. The van der Waals surface area contributed by atoms with Gasteiger partial charge in [0.25, 0.3) is 0 Å². The van der Waals surface area contributed by atoms with Crippen LogP contribution in [-0.2, 0) is 19.3 Å². The second kappa shape index (κ2) is 5.85. The summed E-state index contributed by atoms with van der Waals surface area (Å²) >= 11 is 1.91. The molecule has 0 N–H and O–H groups in total. The average molecular weight is 335 g/mol. The van der Waals surface area contributed by atoms with Gasteiger partial charge in [0, 0.05) is 24.4 Å². The Labute approximate surface area is 146 Å². The van der Waals surface area contributed by atoms with Crippen molar-refractivity contribution >= 4 is 28.0 Å². The highest BCUT2D eigenvalue weighted by atomic mass is 32.1. The molecular weight excluding hydrogens is 314 g/mol. The number of thiophene rings is 1. The zero-order valence-corrected chi connectivity index (χ0v) is 14.6. The van der Waals surface area contributed by atoms with E-state index in [1.165, 1.54) is 53.5 Å². The maximum absolute atomic E-state index is 5.11. The van der Waals surface area contributed by atoms with Crippen molar-refractivity contribution in [3.8, 4) is 0 Å². The highest BCUT2D eigenvalue weighted by Gasteiger charge is 2.33. The standard InChI is InChI=1S/C20H21N3S/c1-2-7-14(8-3-1)13-17-22-20-18(19-21-11-6-12-23(17)19)15-9-4-5-10-16(15)24-20/h1-3,7-8H,4-6,9-13H2. The Morgan fingerprint density at radius 3 is 2.83 bits per heavy atom. The van der Waals surface area contributed by atoms with Gasteiger partial charge in [-0.15, -0.1) is 11.3 Å². The molecule has 1 aromatic heterocycles. The maximum atomic E-state index is 5.11. The van der Waals surface area contributed by atoms with Crippen LogP contribution in [0.25, 0.3) is 0 Å². The molecule has 0 fully saturated rings. The summed E-state index contributed by atoms with van der Waals surface area (Å²) in [5, 5.41) is 1.21. The van der Waals surface area contributed by atoms with Crippen molar-refractivity contribution in [1.82, 2.24) is 4.90 Å². The van der Waals surface area contributed by atoms with Gasteiger partial charge in [0.15, 0.2) is 0 Å². The van der Waals surface area contributed by atoms with Gasteiger partial charge in [0.05, 0.1) is 5.56 Å². The quantitative estimate of drug-likeness (QED) is 0.801. The van der Waals surface area contributed by atoms with E-state index in [9.17, 15) is 0 Å². The number of benzene rings is 1. The van der Waals surface area contributed by atoms with Crippen LogP contribution in [0.5, 0.6) is 0 Å². The summed E-state index contributed by atoms with van der Waals surface area (Å²) in [4.78, 5) is 14.0. The highest BCUT2D eigenvalue weighted by molar-refractivity contribution is 7.16. The van der Waals surface area contributed by atoms with E-state index in [1.54, 1.807) is 10.4 Å².